The highest BCUT2D eigenvalue weighted by Crippen LogP contribution is 2.29. The van der Waals surface area contributed by atoms with Gasteiger partial charge in [0.05, 0.1) is 17.2 Å². The molecule has 4 aromatic rings. The van der Waals surface area contributed by atoms with Crippen molar-refractivity contribution in [3.8, 4) is 28.6 Å². The summed E-state index contributed by atoms with van der Waals surface area (Å²) in [6, 6.07) is 26.3. The first-order valence-electron chi connectivity index (χ1n) is 10.5. The van der Waals surface area contributed by atoms with Crippen LogP contribution in [0, 0.1) is 0 Å². The minimum absolute atomic E-state index is 0.0952. The van der Waals surface area contributed by atoms with Crippen molar-refractivity contribution in [2.24, 2.45) is 0 Å². The summed E-state index contributed by atoms with van der Waals surface area (Å²) in [5, 5.41) is 0. The van der Waals surface area contributed by atoms with Gasteiger partial charge < -0.3 is 9.47 Å². The summed E-state index contributed by atoms with van der Waals surface area (Å²) in [6.07, 6.45) is 0.887. The Morgan fingerprint density at radius 2 is 1.52 bits per heavy atom. The number of benzene rings is 3. The fourth-order valence-electron chi connectivity index (χ4n) is 3.02. The van der Waals surface area contributed by atoms with E-state index in [1.807, 2.05) is 49.4 Å². The summed E-state index contributed by atoms with van der Waals surface area (Å²) < 4.78 is 39.7. The number of para-hydroxylation sites is 1. The normalized spacial score (nSPS) is 11.1. The van der Waals surface area contributed by atoms with Crippen LogP contribution < -0.4 is 14.2 Å². The smallest absolute Gasteiger partial charge is 0.264 e. The lowest BCUT2D eigenvalue weighted by Gasteiger charge is -2.12. The summed E-state index contributed by atoms with van der Waals surface area (Å²) in [5.74, 6) is 1.38. The Bertz CT molecular complexity index is 1310. The lowest BCUT2D eigenvalue weighted by molar-refractivity contribution is 0.317. The molecule has 0 saturated carbocycles. The molecule has 0 aliphatic heterocycles. The van der Waals surface area contributed by atoms with Crippen LogP contribution in [-0.4, -0.2) is 25.0 Å². The van der Waals surface area contributed by atoms with Gasteiger partial charge in [-0.25, -0.2) is 18.1 Å². The molecule has 33 heavy (non-hydrogen) atoms. The van der Waals surface area contributed by atoms with Crippen LogP contribution in [0.25, 0.3) is 11.3 Å². The first-order valence-corrected chi connectivity index (χ1v) is 11.9. The van der Waals surface area contributed by atoms with E-state index >= 15 is 0 Å². The zero-order chi connectivity index (χ0) is 23.1. The second kappa shape index (κ2) is 10.1. The van der Waals surface area contributed by atoms with Crippen LogP contribution in [0.4, 0.5) is 5.95 Å². The van der Waals surface area contributed by atoms with Gasteiger partial charge in [0, 0.05) is 11.6 Å². The fourth-order valence-corrected chi connectivity index (χ4v) is 3.99. The molecule has 4 rings (SSSR count). The number of aromatic nitrogens is 2. The summed E-state index contributed by atoms with van der Waals surface area (Å²) in [5.41, 5.74) is 1.23. The fraction of sp³-hybridized carbons (Fsp3) is 0.120. The van der Waals surface area contributed by atoms with Gasteiger partial charge in [-0.2, -0.15) is 4.98 Å². The van der Waals surface area contributed by atoms with Gasteiger partial charge in [-0.05, 0) is 42.8 Å². The summed E-state index contributed by atoms with van der Waals surface area (Å²) in [4.78, 5) is 8.83. The van der Waals surface area contributed by atoms with Gasteiger partial charge in [-0.3, -0.25) is 0 Å². The monoisotopic (exact) mass is 461 g/mol. The third-order valence-corrected chi connectivity index (χ3v) is 5.89. The molecule has 8 heteroatoms. The Labute approximate surface area is 193 Å². The number of sulfonamides is 1. The average Bonchev–Trinajstić information content (AvgIpc) is 2.84. The highest BCUT2D eigenvalue weighted by Gasteiger charge is 2.17. The van der Waals surface area contributed by atoms with Crippen molar-refractivity contribution in [3.05, 3.63) is 91.0 Å². The zero-order valence-corrected chi connectivity index (χ0v) is 18.8. The van der Waals surface area contributed by atoms with Crippen molar-refractivity contribution >= 4 is 16.0 Å². The molecular weight excluding hydrogens is 438 g/mol. The number of hydrogen-bond donors (Lipinski definition) is 1. The van der Waals surface area contributed by atoms with Gasteiger partial charge >= 0.3 is 0 Å². The summed E-state index contributed by atoms with van der Waals surface area (Å²) in [7, 11) is -3.88. The van der Waals surface area contributed by atoms with E-state index in [9.17, 15) is 8.42 Å². The maximum atomic E-state index is 12.8. The van der Waals surface area contributed by atoms with E-state index in [1.165, 1.54) is 12.1 Å². The number of hydrogen-bond acceptors (Lipinski definition) is 6. The van der Waals surface area contributed by atoms with Crippen LogP contribution >= 0.6 is 0 Å². The molecule has 168 valence electrons. The van der Waals surface area contributed by atoms with E-state index < -0.39 is 10.0 Å². The zero-order valence-electron chi connectivity index (χ0n) is 18.0. The van der Waals surface area contributed by atoms with E-state index in [4.69, 9.17) is 9.47 Å². The van der Waals surface area contributed by atoms with E-state index in [0.29, 0.717) is 23.8 Å². The third-order valence-electron chi connectivity index (χ3n) is 4.55. The molecule has 1 aromatic heterocycles. The minimum atomic E-state index is -3.88. The second-order valence-electron chi connectivity index (χ2n) is 7.12. The largest absolute Gasteiger partial charge is 0.494 e. The Kier molecular flexibility index (Phi) is 6.85. The Hall–Kier alpha value is -3.91. The van der Waals surface area contributed by atoms with Crippen LogP contribution in [0.2, 0.25) is 0 Å². The van der Waals surface area contributed by atoms with Gasteiger partial charge in [-0.15, -0.1) is 0 Å². The second-order valence-corrected chi connectivity index (χ2v) is 8.81. The predicted octanol–water partition coefficient (Wildman–Crippen LogP) is 5.53. The van der Waals surface area contributed by atoms with Crippen LogP contribution in [0.5, 0.6) is 17.4 Å². The van der Waals surface area contributed by atoms with E-state index in [1.54, 1.807) is 36.4 Å². The maximum absolute atomic E-state index is 12.8. The molecule has 0 saturated heterocycles. The van der Waals surface area contributed by atoms with E-state index in [0.717, 1.165) is 12.0 Å². The molecule has 3 aromatic carbocycles. The Balaban J connectivity index is 1.72. The lowest BCUT2D eigenvalue weighted by atomic mass is 10.1. The van der Waals surface area contributed by atoms with Crippen molar-refractivity contribution in [2.45, 2.75) is 18.2 Å². The highest BCUT2D eigenvalue weighted by atomic mass is 32.2. The maximum Gasteiger partial charge on any atom is 0.264 e. The highest BCUT2D eigenvalue weighted by molar-refractivity contribution is 7.92. The number of anilines is 1. The summed E-state index contributed by atoms with van der Waals surface area (Å²) >= 11 is 0. The van der Waals surface area contributed by atoms with E-state index in [2.05, 4.69) is 14.7 Å². The van der Waals surface area contributed by atoms with Crippen LogP contribution in [0.1, 0.15) is 13.3 Å². The molecule has 1 N–H and O–H groups in total. The van der Waals surface area contributed by atoms with Crippen molar-refractivity contribution in [2.75, 3.05) is 11.3 Å². The molecule has 0 atom stereocenters. The van der Waals surface area contributed by atoms with Gasteiger partial charge in [-0.1, -0.05) is 55.5 Å². The number of nitrogens with one attached hydrogen (secondary N) is 1. The van der Waals surface area contributed by atoms with Gasteiger partial charge in [0.1, 0.15) is 11.5 Å². The minimum Gasteiger partial charge on any atom is -0.494 e. The van der Waals surface area contributed by atoms with Crippen molar-refractivity contribution in [1.29, 1.82) is 0 Å². The average molecular weight is 462 g/mol. The van der Waals surface area contributed by atoms with Crippen molar-refractivity contribution < 1.29 is 17.9 Å². The first kappa shape index (κ1) is 22.3. The summed E-state index contributed by atoms with van der Waals surface area (Å²) in [6.45, 7) is 2.63. The first-order chi connectivity index (χ1) is 16.0. The van der Waals surface area contributed by atoms with Gasteiger partial charge in [0.25, 0.3) is 10.0 Å². The molecule has 0 unspecified atom stereocenters. The molecule has 0 radical (unpaired) electrons. The number of rotatable bonds is 9. The molecule has 0 spiro atoms. The van der Waals surface area contributed by atoms with Crippen molar-refractivity contribution in [1.82, 2.24) is 9.97 Å². The number of ether oxygens (including phenoxy) is 2. The van der Waals surface area contributed by atoms with Crippen LogP contribution in [0.3, 0.4) is 0 Å². The molecule has 0 amide bonds. The molecule has 0 aliphatic carbocycles. The van der Waals surface area contributed by atoms with Gasteiger partial charge in [0.15, 0.2) is 0 Å². The molecule has 0 fully saturated rings. The quantitative estimate of drug-likeness (QED) is 0.353. The molecular formula is C25H23N3O4S. The van der Waals surface area contributed by atoms with Gasteiger partial charge in [0.2, 0.25) is 11.8 Å². The molecule has 1 heterocycles. The van der Waals surface area contributed by atoms with Crippen LogP contribution in [-0.2, 0) is 10.0 Å². The third kappa shape index (κ3) is 5.87. The standard InChI is InChI=1S/C25H23N3O4S/c1-2-16-31-21-13-9-10-19(17-21)23-18-24(32-20-11-5-3-6-12-20)27-25(26-23)28-33(29,30)22-14-7-4-8-15-22/h3-15,17-18H,2,16H2,1H3,(H,26,27,28). The predicted molar refractivity (Wildman–Crippen MR) is 127 cm³/mol. The SMILES string of the molecule is CCCOc1cccc(-c2cc(Oc3ccccc3)nc(NS(=O)(=O)c3ccccc3)n2)c1. The number of nitrogens with zero attached hydrogens (tertiary/aromatic N) is 2. The van der Waals surface area contributed by atoms with Crippen molar-refractivity contribution in [3.63, 3.8) is 0 Å². The molecule has 7 nitrogen and oxygen atoms in total. The Morgan fingerprint density at radius 3 is 2.24 bits per heavy atom. The lowest BCUT2D eigenvalue weighted by Crippen LogP contribution is -2.15. The van der Waals surface area contributed by atoms with Crippen LogP contribution in [0.15, 0.2) is 95.9 Å². The topological polar surface area (TPSA) is 90.4 Å². The Morgan fingerprint density at radius 1 is 0.818 bits per heavy atom. The molecule has 0 aliphatic rings. The van der Waals surface area contributed by atoms with E-state index in [-0.39, 0.29) is 16.7 Å². The molecule has 0 bridgehead atoms.